The molecule has 1 nitrogen and oxygen atoms in total. The summed E-state index contributed by atoms with van der Waals surface area (Å²) >= 11 is 0. The summed E-state index contributed by atoms with van der Waals surface area (Å²) in [5.41, 5.74) is 0. The van der Waals surface area contributed by atoms with E-state index in [0.29, 0.717) is 0 Å². The van der Waals surface area contributed by atoms with Crippen molar-refractivity contribution in [2.45, 2.75) is 26.4 Å². The van der Waals surface area contributed by atoms with Crippen LogP contribution in [0.4, 0.5) is 0 Å². The summed E-state index contributed by atoms with van der Waals surface area (Å²) < 4.78 is 6.24. The normalized spacial score (nSPS) is 12.6. The monoisotopic (exact) mass is 258 g/mol. The third-order valence-corrected chi connectivity index (χ3v) is 4.95. The highest BCUT2D eigenvalue weighted by Gasteiger charge is 2.16. The second-order valence-corrected chi connectivity index (χ2v) is 6.12. The Bertz CT molecular complexity index is 416. The largest absolute Gasteiger partial charge is 0.347 e. The first kappa shape index (κ1) is 13.3. The molecule has 0 N–H and O–H groups in total. The molecule has 0 unspecified atom stereocenters. The predicted molar refractivity (Wildman–Crippen MR) is 79.9 cm³/mol. The lowest BCUT2D eigenvalue weighted by molar-refractivity contribution is 0.249. The lowest BCUT2D eigenvalue weighted by Crippen LogP contribution is -2.17. The van der Waals surface area contributed by atoms with Gasteiger partial charge in [0.2, 0.25) is 0 Å². The van der Waals surface area contributed by atoms with E-state index in [1.165, 1.54) is 10.6 Å². The molecule has 2 rings (SSSR count). The van der Waals surface area contributed by atoms with Crippen molar-refractivity contribution >= 4 is 18.8 Å². The van der Waals surface area contributed by atoms with E-state index in [9.17, 15) is 0 Å². The zero-order valence-corrected chi connectivity index (χ0v) is 11.8. The van der Waals surface area contributed by atoms with Crippen LogP contribution < -0.4 is 10.6 Å². The first-order chi connectivity index (χ1) is 8.81. The summed E-state index contributed by atoms with van der Waals surface area (Å²) in [4.78, 5) is 0. The predicted octanol–water partition coefficient (Wildman–Crippen LogP) is 3.85. The molecule has 0 saturated carbocycles. The molecular weight excluding hydrogens is 239 g/mol. The minimum atomic E-state index is -0.696. The molecule has 0 bridgehead atoms. The number of benzene rings is 2. The molecule has 0 radical (unpaired) electrons. The van der Waals surface area contributed by atoms with Gasteiger partial charge in [0.1, 0.15) is 0 Å². The molecule has 2 aromatic rings. The van der Waals surface area contributed by atoms with Crippen LogP contribution in [0, 0.1) is 0 Å². The number of hydrogen-bond acceptors (Lipinski definition) is 1. The Morgan fingerprint density at radius 2 is 1.33 bits per heavy atom. The summed E-state index contributed by atoms with van der Waals surface area (Å²) in [7, 11) is -0.696. The van der Waals surface area contributed by atoms with Crippen molar-refractivity contribution in [1.82, 2.24) is 0 Å². The van der Waals surface area contributed by atoms with Crippen molar-refractivity contribution in [3.8, 4) is 0 Å². The fourth-order valence-electron chi connectivity index (χ4n) is 1.65. The van der Waals surface area contributed by atoms with E-state index in [1.807, 2.05) is 12.1 Å². The smallest absolute Gasteiger partial charge is 0.0921 e. The van der Waals surface area contributed by atoms with Crippen LogP contribution >= 0.6 is 8.15 Å². The van der Waals surface area contributed by atoms with Gasteiger partial charge in [-0.05, 0) is 13.3 Å². The molecule has 18 heavy (non-hydrogen) atoms. The molecule has 0 heterocycles. The average molecular weight is 258 g/mol. The molecule has 0 aromatic heterocycles. The minimum Gasteiger partial charge on any atom is -0.347 e. The maximum Gasteiger partial charge on any atom is 0.0921 e. The molecule has 94 valence electrons. The highest BCUT2D eigenvalue weighted by molar-refractivity contribution is 7.68. The Hall–Kier alpha value is -1.17. The van der Waals surface area contributed by atoms with E-state index < -0.39 is 8.15 Å². The van der Waals surface area contributed by atoms with Crippen molar-refractivity contribution < 1.29 is 4.52 Å². The average Bonchev–Trinajstić information content (AvgIpc) is 2.46. The maximum atomic E-state index is 6.24. The molecule has 0 saturated heterocycles. The fourth-order valence-corrected chi connectivity index (χ4v) is 3.59. The molecule has 0 amide bonds. The molecule has 1 atom stereocenters. The van der Waals surface area contributed by atoms with E-state index in [1.54, 1.807) is 0 Å². The van der Waals surface area contributed by atoms with Crippen LogP contribution in [0.3, 0.4) is 0 Å². The van der Waals surface area contributed by atoms with Crippen molar-refractivity contribution in [3.63, 3.8) is 0 Å². The van der Waals surface area contributed by atoms with Crippen LogP contribution in [-0.4, -0.2) is 6.10 Å². The van der Waals surface area contributed by atoms with E-state index in [2.05, 4.69) is 62.4 Å². The zero-order chi connectivity index (χ0) is 12.8. The summed E-state index contributed by atoms with van der Waals surface area (Å²) in [5.74, 6) is 0. The van der Waals surface area contributed by atoms with Gasteiger partial charge < -0.3 is 4.52 Å². The third-order valence-electron chi connectivity index (χ3n) is 2.84. The van der Waals surface area contributed by atoms with Crippen LogP contribution in [0.1, 0.15) is 20.3 Å². The zero-order valence-electron chi connectivity index (χ0n) is 10.9. The van der Waals surface area contributed by atoms with Gasteiger partial charge in [-0.15, -0.1) is 0 Å². The summed E-state index contributed by atoms with van der Waals surface area (Å²) in [6.07, 6.45) is 1.33. The van der Waals surface area contributed by atoms with Gasteiger partial charge in [-0.3, -0.25) is 0 Å². The Balaban J connectivity index is 2.29. The van der Waals surface area contributed by atoms with Gasteiger partial charge in [0, 0.05) is 10.6 Å². The van der Waals surface area contributed by atoms with Gasteiger partial charge in [-0.25, -0.2) is 0 Å². The molecule has 2 aromatic carbocycles. The maximum absolute atomic E-state index is 6.24. The highest BCUT2D eigenvalue weighted by Crippen LogP contribution is 2.36. The van der Waals surface area contributed by atoms with E-state index in [0.717, 1.165) is 6.42 Å². The highest BCUT2D eigenvalue weighted by atomic mass is 31.1. The Kier molecular flexibility index (Phi) is 4.92. The third kappa shape index (κ3) is 3.41. The summed E-state index contributed by atoms with van der Waals surface area (Å²) in [6, 6.07) is 21.0. The van der Waals surface area contributed by atoms with Gasteiger partial charge in [0.25, 0.3) is 0 Å². The molecule has 0 spiro atoms. The second-order valence-electron chi connectivity index (χ2n) is 4.29. The first-order valence-corrected chi connectivity index (χ1v) is 7.64. The molecule has 0 fully saturated rings. The second kappa shape index (κ2) is 6.68. The van der Waals surface area contributed by atoms with Gasteiger partial charge in [-0.1, -0.05) is 67.6 Å². The number of rotatable bonds is 5. The lowest BCUT2D eigenvalue weighted by Gasteiger charge is -2.22. The van der Waals surface area contributed by atoms with Crippen molar-refractivity contribution in [2.75, 3.05) is 0 Å². The van der Waals surface area contributed by atoms with Crippen molar-refractivity contribution in [2.24, 2.45) is 0 Å². The van der Waals surface area contributed by atoms with E-state index in [4.69, 9.17) is 4.52 Å². The number of hydrogen-bond donors (Lipinski definition) is 0. The van der Waals surface area contributed by atoms with Crippen LogP contribution in [0.2, 0.25) is 0 Å². The van der Waals surface area contributed by atoms with Crippen LogP contribution in [0.5, 0.6) is 0 Å². The van der Waals surface area contributed by atoms with Gasteiger partial charge in [0.15, 0.2) is 0 Å². The first-order valence-electron chi connectivity index (χ1n) is 6.38. The molecule has 2 heteroatoms. The van der Waals surface area contributed by atoms with Gasteiger partial charge >= 0.3 is 0 Å². The van der Waals surface area contributed by atoms with Crippen LogP contribution in [-0.2, 0) is 4.52 Å². The Morgan fingerprint density at radius 3 is 1.72 bits per heavy atom. The Morgan fingerprint density at radius 1 is 0.889 bits per heavy atom. The molecule has 0 aliphatic carbocycles. The van der Waals surface area contributed by atoms with Gasteiger partial charge in [0.05, 0.1) is 14.3 Å². The Labute approximate surface area is 111 Å². The van der Waals surface area contributed by atoms with Crippen molar-refractivity contribution in [3.05, 3.63) is 60.7 Å². The van der Waals surface area contributed by atoms with Crippen molar-refractivity contribution in [1.29, 1.82) is 0 Å². The minimum absolute atomic E-state index is 0.288. The quantitative estimate of drug-likeness (QED) is 0.740. The topological polar surface area (TPSA) is 9.23 Å². The molecule has 0 aliphatic rings. The van der Waals surface area contributed by atoms with E-state index >= 15 is 0 Å². The SMILES string of the molecule is CC[C@H](C)OP(c1ccccc1)c1ccccc1. The van der Waals surface area contributed by atoms with Crippen LogP contribution in [0.15, 0.2) is 60.7 Å². The standard InChI is InChI=1S/C16H19OP/c1-3-14(2)17-18(15-10-6-4-7-11-15)16-12-8-5-9-13-16/h4-14H,3H2,1-2H3/t14-/m0/s1. The summed E-state index contributed by atoms with van der Waals surface area (Å²) in [6.45, 7) is 4.30. The molecule has 0 aliphatic heterocycles. The molecular formula is C16H19OP. The van der Waals surface area contributed by atoms with Gasteiger partial charge in [-0.2, -0.15) is 0 Å². The summed E-state index contributed by atoms with van der Waals surface area (Å²) in [5, 5.41) is 2.55. The lowest BCUT2D eigenvalue weighted by atomic mass is 10.3. The van der Waals surface area contributed by atoms with E-state index in [-0.39, 0.29) is 6.10 Å². The van der Waals surface area contributed by atoms with Crippen LogP contribution in [0.25, 0.3) is 0 Å². The fraction of sp³-hybridized carbons (Fsp3) is 0.250.